The molecule has 3 aromatic carbocycles. The van der Waals surface area contributed by atoms with E-state index in [0.717, 1.165) is 23.8 Å². The average Bonchev–Trinajstić information content (AvgIpc) is 2.73. The maximum absolute atomic E-state index is 12.2. The zero-order valence-corrected chi connectivity index (χ0v) is 15.0. The van der Waals surface area contributed by atoms with Gasteiger partial charge in [-0.05, 0) is 29.8 Å². The first kappa shape index (κ1) is 19.5. The van der Waals surface area contributed by atoms with Crippen LogP contribution in [0.3, 0.4) is 0 Å². The third-order valence-corrected chi connectivity index (χ3v) is 3.95. The van der Waals surface area contributed by atoms with Gasteiger partial charge in [0.2, 0.25) is 0 Å². The molecule has 1 amide bonds. The van der Waals surface area contributed by atoms with Crippen LogP contribution in [0.4, 0.5) is 11.4 Å². The molecule has 0 spiro atoms. The highest BCUT2D eigenvalue weighted by Crippen LogP contribution is 2.30. The van der Waals surface area contributed by atoms with Crippen LogP contribution in [-0.4, -0.2) is 15.8 Å². The van der Waals surface area contributed by atoms with E-state index < -0.39 is 21.2 Å². The SMILES string of the molecule is O=C(NCc1ccccc1)c1ccc(Oc2cc([N+](=O)[O-])cc([N+](=O)[O-])c2)cc1. The summed E-state index contributed by atoms with van der Waals surface area (Å²) in [6, 6.07) is 18.5. The second-order valence-electron chi connectivity index (χ2n) is 5.99. The van der Waals surface area contributed by atoms with Gasteiger partial charge >= 0.3 is 0 Å². The van der Waals surface area contributed by atoms with Gasteiger partial charge in [-0.15, -0.1) is 0 Å². The van der Waals surface area contributed by atoms with Crippen molar-refractivity contribution in [2.45, 2.75) is 6.54 Å². The van der Waals surface area contributed by atoms with Gasteiger partial charge in [-0.1, -0.05) is 30.3 Å². The molecule has 146 valence electrons. The molecule has 0 fully saturated rings. The lowest BCUT2D eigenvalue weighted by Gasteiger charge is -2.08. The standard InChI is InChI=1S/C20H15N3O6/c24-20(21-13-14-4-2-1-3-5-14)15-6-8-18(9-7-15)29-19-11-16(22(25)26)10-17(12-19)23(27)28/h1-12H,13H2,(H,21,24). The molecule has 0 atom stereocenters. The topological polar surface area (TPSA) is 125 Å². The number of nitrogens with one attached hydrogen (secondary N) is 1. The highest BCUT2D eigenvalue weighted by molar-refractivity contribution is 5.94. The second kappa shape index (κ2) is 8.61. The van der Waals surface area contributed by atoms with E-state index in [4.69, 9.17) is 4.74 Å². The minimum Gasteiger partial charge on any atom is -0.457 e. The Morgan fingerprint density at radius 2 is 1.41 bits per heavy atom. The number of rotatable bonds is 7. The Hall–Kier alpha value is -4.27. The first-order valence-corrected chi connectivity index (χ1v) is 8.46. The first-order chi connectivity index (χ1) is 13.9. The van der Waals surface area contributed by atoms with E-state index in [1.807, 2.05) is 30.3 Å². The molecule has 0 aliphatic carbocycles. The molecule has 0 bridgehead atoms. The van der Waals surface area contributed by atoms with Crippen LogP contribution < -0.4 is 10.1 Å². The van der Waals surface area contributed by atoms with Crippen LogP contribution in [0.15, 0.2) is 72.8 Å². The molecular formula is C20H15N3O6. The number of hydrogen-bond donors (Lipinski definition) is 1. The highest BCUT2D eigenvalue weighted by atomic mass is 16.6. The van der Waals surface area contributed by atoms with E-state index in [-0.39, 0.29) is 17.4 Å². The lowest BCUT2D eigenvalue weighted by atomic mass is 10.2. The Bertz CT molecular complexity index is 1020. The van der Waals surface area contributed by atoms with Crippen molar-refractivity contribution in [1.29, 1.82) is 0 Å². The molecule has 1 N–H and O–H groups in total. The lowest BCUT2D eigenvalue weighted by Crippen LogP contribution is -2.22. The van der Waals surface area contributed by atoms with Crippen LogP contribution in [-0.2, 0) is 6.54 Å². The summed E-state index contributed by atoms with van der Waals surface area (Å²) in [6.45, 7) is 0.384. The van der Waals surface area contributed by atoms with Gasteiger partial charge in [0.05, 0.1) is 28.0 Å². The quantitative estimate of drug-likeness (QED) is 0.473. The summed E-state index contributed by atoms with van der Waals surface area (Å²) in [4.78, 5) is 32.6. The number of benzene rings is 3. The van der Waals surface area contributed by atoms with Gasteiger partial charge < -0.3 is 10.1 Å². The fraction of sp³-hybridized carbons (Fsp3) is 0.0500. The number of hydrogen-bond acceptors (Lipinski definition) is 6. The lowest BCUT2D eigenvalue weighted by molar-refractivity contribution is -0.394. The fourth-order valence-corrected chi connectivity index (χ4v) is 2.53. The molecule has 0 saturated carbocycles. The number of non-ortho nitro benzene ring substituents is 2. The van der Waals surface area contributed by atoms with Crippen LogP contribution in [0.1, 0.15) is 15.9 Å². The summed E-state index contributed by atoms with van der Waals surface area (Å²) in [5.41, 5.74) is 0.462. The monoisotopic (exact) mass is 393 g/mol. The first-order valence-electron chi connectivity index (χ1n) is 8.46. The molecule has 3 rings (SSSR count). The van der Waals surface area contributed by atoms with E-state index in [1.165, 1.54) is 24.3 Å². The molecule has 0 heterocycles. The van der Waals surface area contributed by atoms with Crippen molar-refractivity contribution in [3.8, 4) is 11.5 Å². The van der Waals surface area contributed by atoms with E-state index in [0.29, 0.717) is 12.1 Å². The number of nitrogens with zero attached hydrogens (tertiary/aromatic N) is 2. The molecule has 0 aromatic heterocycles. The maximum atomic E-state index is 12.2. The fourth-order valence-electron chi connectivity index (χ4n) is 2.53. The molecule has 0 aliphatic rings. The van der Waals surface area contributed by atoms with Crippen LogP contribution >= 0.6 is 0 Å². The smallest absolute Gasteiger partial charge is 0.280 e. The highest BCUT2D eigenvalue weighted by Gasteiger charge is 2.17. The molecule has 9 heteroatoms. The average molecular weight is 393 g/mol. The van der Waals surface area contributed by atoms with Crippen LogP contribution in [0.2, 0.25) is 0 Å². The molecule has 0 aliphatic heterocycles. The normalized spacial score (nSPS) is 10.2. The minimum atomic E-state index is -0.736. The van der Waals surface area contributed by atoms with Crippen LogP contribution in [0.5, 0.6) is 11.5 Å². The second-order valence-corrected chi connectivity index (χ2v) is 5.99. The van der Waals surface area contributed by atoms with Crippen molar-refractivity contribution in [2.24, 2.45) is 0 Å². The predicted octanol–water partition coefficient (Wildman–Crippen LogP) is 4.23. The summed E-state index contributed by atoms with van der Waals surface area (Å²) in [6.07, 6.45) is 0. The Labute approximate surface area is 164 Å². The van der Waals surface area contributed by atoms with Crippen molar-refractivity contribution < 1.29 is 19.4 Å². The number of ether oxygens (including phenoxy) is 1. The summed E-state index contributed by atoms with van der Waals surface area (Å²) in [5.74, 6) is -0.0435. The van der Waals surface area contributed by atoms with Gasteiger partial charge in [0.25, 0.3) is 17.3 Å². The van der Waals surface area contributed by atoms with E-state index in [2.05, 4.69) is 5.32 Å². The Kier molecular flexibility index (Phi) is 5.79. The van der Waals surface area contributed by atoms with Gasteiger partial charge in [-0.3, -0.25) is 25.0 Å². The third-order valence-electron chi connectivity index (χ3n) is 3.95. The van der Waals surface area contributed by atoms with E-state index >= 15 is 0 Å². The molecule has 0 unspecified atom stereocenters. The van der Waals surface area contributed by atoms with Gasteiger partial charge in [0.1, 0.15) is 11.5 Å². The Morgan fingerprint density at radius 1 is 0.828 bits per heavy atom. The van der Waals surface area contributed by atoms with E-state index in [1.54, 1.807) is 0 Å². The zero-order valence-electron chi connectivity index (χ0n) is 15.0. The van der Waals surface area contributed by atoms with Gasteiger partial charge in [-0.2, -0.15) is 0 Å². The van der Waals surface area contributed by atoms with E-state index in [9.17, 15) is 25.0 Å². The van der Waals surface area contributed by atoms with Crippen LogP contribution in [0.25, 0.3) is 0 Å². The van der Waals surface area contributed by atoms with Crippen molar-refractivity contribution in [1.82, 2.24) is 5.32 Å². The number of carbonyl (C=O) groups excluding carboxylic acids is 1. The van der Waals surface area contributed by atoms with Crippen molar-refractivity contribution >= 4 is 17.3 Å². The van der Waals surface area contributed by atoms with Gasteiger partial charge in [0, 0.05) is 12.1 Å². The molecule has 3 aromatic rings. The van der Waals surface area contributed by atoms with Gasteiger partial charge in [-0.25, -0.2) is 0 Å². The third kappa shape index (κ3) is 5.13. The largest absolute Gasteiger partial charge is 0.457 e. The Balaban J connectivity index is 1.69. The maximum Gasteiger partial charge on any atom is 0.280 e. The van der Waals surface area contributed by atoms with Crippen molar-refractivity contribution in [3.05, 3.63) is 104 Å². The molecular weight excluding hydrogens is 378 g/mol. The number of amides is 1. The zero-order chi connectivity index (χ0) is 20.8. The van der Waals surface area contributed by atoms with Gasteiger partial charge in [0.15, 0.2) is 0 Å². The molecule has 9 nitrogen and oxygen atoms in total. The molecule has 0 radical (unpaired) electrons. The predicted molar refractivity (Wildman–Crippen MR) is 104 cm³/mol. The number of nitro groups is 2. The van der Waals surface area contributed by atoms with Crippen molar-refractivity contribution in [2.75, 3.05) is 0 Å². The number of carbonyl (C=O) groups is 1. The Morgan fingerprint density at radius 3 is 1.97 bits per heavy atom. The summed E-state index contributed by atoms with van der Waals surface area (Å²) >= 11 is 0. The summed E-state index contributed by atoms with van der Waals surface area (Å²) in [5, 5.41) is 24.7. The number of nitro benzene ring substituents is 2. The van der Waals surface area contributed by atoms with Crippen molar-refractivity contribution in [3.63, 3.8) is 0 Å². The molecule has 0 saturated heterocycles. The molecule has 29 heavy (non-hydrogen) atoms. The van der Waals surface area contributed by atoms with Crippen LogP contribution in [0, 0.1) is 20.2 Å². The minimum absolute atomic E-state index is 0.0489. The summed E-state index contributed by atoms with van der Waals surface area (Å²) < 4.78 is 5.48. The summed E-state index contributed by atoms with van der Waals surface area (Å²) in [7, 11) is 0.